The Morgan fingerprint density at radius 1 is 1.17 bits per heavy atom. The lowest BCUT2D eigenvalue weighted by molar-refractivity contribution is 0.0936. The Kier molecular flexibility index (Phi) is 4.65. The summed E-state index contributed by atoms with van der Waals surface area (Å²) < 4.78 is 10.5. The van der Waals surface area contributed by atoms with Crippen LogP contribution in [0.2, 0.25) is 0 Å². The lowest BCUT2D eigenvalue weighted by atomic mass is 10.1. The van der Waals surface area contributed by atoms with Gasteiger partial charge in [-0.1, -0.05) is 0 Å². The highest BCUT2D eigenvalue weighted by atomic mass is 16.3. The minimum absolute atomic E-state index is 0.0771. The van der Waals surface area contributed by atoms with E-state index in [-0.39, 0.29) is 11.6 Å². The summed E-state index contributed by atoms with van der Waals surface area (Å²) in [5, 5.41) is 2.83. The Balaban J connectivity index is 1.63. The van der Waals surface area contributed by atoms with Gasteiger partial charge in [-0.05, 0) is 49.7 Å². The van der Waals surface area contributed by atoms with E-state index in [1.807, 2.05) is 19.1 Å². The topological polar surface area (TPSA) is 88.2 Å². The number of H-pyrrole nitrogens is 1. The third kappa shape index (κ3) is 3.65. The van der Waals surface area contributed by atoms with Gasteiger partial charge in [0.05, 0.1) is 18.2 Å². The van der Waals surface area contributed by atoms with Crippen molar-refractivity contribution in [3.63, 3.8) is 0 Å². The van der Waals surface area contributed by atoms with E-state index in [0.29, 0.717) is 11.5 Å². The van der Waals surface area contributed by atoms with Crippen LogP contribution in [0.4, 0.5) is 0 Å². The standard InChI is InChI=1S/C18H18N2O4/c1-12(6-7-13-4-2-10-23-13)19-17(21)14-8-9-15(20-18(14)22)16-5-3-11-24-16/h2-5,8-12H,6-7H2,1H3,(H,19,21)(H,20,22)/t12-/m0/s1. The Morgan fingerprint density at radius 2 is 1.96 bits per heavy atom. The number of rotatable bonds is 6. The van der Waals surface area contributed by atoms with Crippen LogP contribution in [0.15, 0.2) is 62.6 Å². The highest BCUT2D eigenvalue weighted by Crippen LogP contribution is 2.15. The molecule has 0 aromatic carbocycles. The van der Waals surface area contributed by atoms with E-state index in [2.05, 4.69) is 10.3 Å². The molecule has 1 amide bonds. The number of carbonyl (C=O) groups excluding carboxylic acids is 1. The number of hydrogen-bond donors (Lipinski definition) is 2. The molecule has 0 fully saturated rings. The molecule has 6 nitrogen and oxygen atoms in total. The first-order valence-corrected chi connectivity index (χ1v) is 7.74. The van der Waals surface area contributed by atoms with Crippen LogP contribution in [-0.4, -0.2) is 16.9 Å². The van der Waals surface area contributed by atoms with Crippen LogP contribution in [0.1, 0.15) is 29.5 Å². The number of nitrogens with one attached hydrogen (secondary N) is 2. The van der Waals surface area contributed by atoms with Crippen molar-refractivity contribution in [3.8, 4) is 11.5 Å². The SMILES string of the molecule is C[C@@H](CCc1ccco1)NC(=O)c1ccc(-c2ccco2)[nH]c1=O. The zero-order valence-corrected chi connectivity index (χ0v) is 13.2. The molecule has 3 rings (SSSR count). The summed E-state index contributed by atoms with van der Waals surface area (Å²) >= 11 is 0. The minimum Gasteiger partial charge on any atom is -0.469 e. The largest absolute Gasteiger partial charge is 0.469 e. The normalized spacial score (nSPS) is 12.0. The molecule has 0 aliphatic carbocycles. The molecule has 3 aromatic rings. The lowest BCUT2D eigenvalue weighted by Gasteiger charge is -2.13. The van der Waals surface area contributed by atoms with Gasteiger partial charge in [0, 0.05) is 12.5 Å². The second-order valence-corrected chi connectivity index (χ2v) is 5.58. The van der Waals surface area contributed by atoms with Crippen molar-refractivity contribution in [3.05, 3.63) is 70.6 Å². The quantitative estimate of drug-likeness (QED) is 0.729. The summed E-state index contributed by atoms with van der Waals surface area (Å²) in [4.78, 5) is 27.0. The maximum Gasteiger partial charge on any atom is 0.261 e. The number of pyridine rings is 1. The van der Waals surface area contributed by atoms with Crippen molar-refractivity contribution in [2.45, 2.75) is 25.8 Å². The maximum absolute atomic E-state index is 12.3. The van der Waals surface area contributed by atoms with Gasteiger partial charge in [0.15, 0.2) is 0 Å². The number of aryl methyl sites for hydroxylation is 1. The van der Waals surface area contributed by atoms with Gasteiger partial charge in [-0.15, -0.1) is 0 Å². The number of carbonyl (C=O) groups is 1. The maximum atomic E-state index is 12.3. The van der Waals surface area contributed by atoms with Crippen molar-refractivity contribution < 1.29 is 13.6 Å². The summed E-state index contributed by atoms with van der Waals surface area (Å²) in [5.41, 5.74) is 0.169. The highest BCUT2D eigenvalue weighted by Gasteiger charge is 2.15. The van der Waals surface area contributed by atoms with Gasteiger partial charge in [-0.2, -0.15) is 0 Å². The summed E-state index contributed by atoms with van der Waals surface area (Å²) in [7, 11) is 0. The number of hydrogen-bond acceptors (Lipinski definition) is 4. The first-order chi connectivity index (χ1) is 11.6. The van der Waals surface area contributed by atoms with Gasteiger partial charge < -0.3 is 19.1 Å². The summed E-state index contributed by atoms with van der Waals surface area (Å²) in [6.45, 7) is 1.90. The van der Waals surface area contributed by atoms with Gasteiger partial charge in [0.2, 0.25) is 0 Å². The van der Waals surface area contributed by atoms with Crippen molar-refractivity contribution in [1.29, 1.82) is 0 Å². The molecule has 0 unspecified atom stereocenters. The van der Waals surface area contributed by atoms with Gasteiger partial charge >= 0.3 is 0 Å². The molecular weight excluding hydrogens is 308 g/mol. The smallest absolute Gasteiger partial charge is 0.261 e. The van der Waals surface area contributed by atoms with Crippen LogP contribution in [0, 0.1) is 0 Å². The van der Waals surface area contributed by atoms with Crippen LogP contribution in [0.25, 0.3) is 11.5 Å². The average molecular weight is 326 g/mol. The molecule has 2 N–H and O–H groups in total. The molecule has 124 valence electrons. The molecule has 0 bridgehead atoms. The summed E-state index contributed by atoms with van der Waals surface area (Å²) in [6.07, 6.45) is 4.59. The fraction of sp³-hybridized carbons (Fsp3) is 0.222. The van der Waals surface area contributed by atoms with Crippen LogP contribution in [-0.2, 0) is 6.42 Å². The van der Waals surface area contributed by atoms with E-state index in [1.165, 1.54) is 12.3 Å². The zero-order valence-electron chi connectivity index (χ0n) is 13.2. The molecule has 1 atom stereocenters. The molecule has 0 spiro atoms. The van der Waals surface area contributed by atoms with Crippen LogP contribution in [0.3, 0.4) is 0 Å². The van der Waals surface area contributed by atoms with Crippen LogP contribution in [0.5, 0.6) is 0 Å². The molecule has 0 radical (unpaired) electrons. The second-order valence-electron chi connectivity index (χ2n) is 5.58. The molecule has 0 saturated carbocycles. The van der Waals surface area contributed by atoms with Crippen LogP contribution >= 0.6 is 0 Å². The number of aromatic nitrogens is 1. The molecule has 6 heteroatoms. The molecule has 0 aliphatic rings. The predicted molar refractivity (Wildman–Crippen MR) is 88.7 cm³/mol. The lowest BCUT2D eigenvalue weighted by Crippen LogP contribution is -2.36. The summed E-state index contributed by atoms with van der Waals surface area (Å²) in [5.74, 6) is 1.02. The van der Waals surface area contributed by atoms with Crippen molar-refractivity contribution in [2.24, 2.45) is 0 Å². The van der Waals surface area contributed by atoms with E-state index in [0.717, 1.165) is 18.6 Å². The van der Waals surface area contributed by atoms with E-state index in [1.54, 1.807) is 24.5 Å². The Labute approximate surface area is 138 Å². The highest BCUT2D eigenvalue weighted by molar-refractivity contribution is 5.94. The van der Waals surface area contributed by atoms with Gasteiger partial charge in [-0.25, -0.2) is 0 Å². The fourth-order valence-corrected chi connectivity index (χ4v) is 2.42. The second kappa shape index (κ2) is 7.04. The van der Waals surface area contributed by atoms with Gasteiger partial charge in [-0.3, -0.25) is 9.59 Å². The third-order valence-corrected chi connectivity index (χ3v) is 3.72. The third-order valence-electron chi connectivity index (χ3n) is 3.72. The van der Waals surface area contributed by atoms with Gasteiger partial charge in [0.25, 0.3) is 11.5 Å². The Morgan fingerprint density at radius 3 is 2.62 bits per heavy atom. The van der Waals surface area contributed by atoms with E-state index >= 15 is 0 Å². The Hall–Kier alpha value is -3.02. The Bertz CT molecular complexity index is 848. The van der Waals surface area contributed by atoms with Crippen molar-refractivity contribution in [1.82, 2.24) is 10.3 Å². The average Bonchev–Trinajstić information content (AvgIpc) is 3.26. The van der Waals surface area contributed by atoms with Crippen molar-refractivity contribution in [2.75, 3.05) is 0 Å². The molecule has 3 heterocycles. The summed E-state index contributed by atoms with van der Waals surface area (Å²) in [6, 6.07) is 10.3. The molecular formula is C18H18N2O4. The monoisotopic (exact) mass is 326 g/mol. The molecule has 3 aromatic heterocycles. The molecule has 0 saturated heterocycles. The van der Waals surface area contributed by atoms with Crippen LogP contribution < -0.4 is 10.9 Å². The number of amides is 1. The first-order valence-electron chi connectivity index (χ1n) is 7.74. The molecule has 24 heavy (non-hydrogen) atoms. The molecule has 0 aliphatic heterocycles. The zero-order chi connectivity index (χ0) is 16.9. The number of aromatic amines is 1. The predicted octanol–water partition coefficient (Wildman–Crippen LogP) is 2.98. The van der Waals surface area contributed by atoms with E-state index < -0.39 is 11.5 Å². The van der Waals surface area contributed by atoms with Gasteiger partial charge in [0.1, 0.15) is 17.1 Å². The minimum atomic E-state index is -0.445. The number of furan rings is 2. The first kappa shape index (κ1) is 15.9. The van der Waals surface area contributed by atoms with Crippen molar-refractivity contribution >= 4 is 5.91 Å². The van der Waals surface area contributed by atoms with E-state index in [4.69, 9.17) is 8.83 Å². The van der Waals surface area contributed by atoms with E-state index in [9.17, 15) is 9.59 Å². The fourth-order valence-electron chi connectivity index (χ4n) is 2.42.